The van der Waals surface area contributed by atoms with Crippen LogP contribution in [0.5, 0.6) is 11.5 Å². The van der Waals surface area contributed by atoms with E-state index in [2.05, 4.69) is 15.9 Å². The van der Waals surface area contributed by atoms with Crippen LogP contribution in [0.25, 0.3) is 0 Å². The summed E-state index contributed by atoms with van der Waals surface area (Å²) in [5, 5.41) is 13.1. The molecule has 4 aliphatic rings. The highest BCUT2D eigenvalue weighted by molar-refractivity contribution is 9.10. The van der Waals surface area contributed by atoms with Crippen molar-refractivity contribution < 1.29 is 33.4 Å². The molecular weight excluding hydrogens is 687 g/mol. The van der Waals surface area contributed by atoms with Crippen LogP contribution in [0.3, 0.4) is 0 Å². The Morgan fingerprint density at radius 1 is 1.11 bits per heavy atom. The molecule has 1 N–H and O–H groups in total. The molecular formula is C33H27BrClFN2O6S. The Morgan fingerprint density at radius 2 is 1.89 bits per heavy atom. The number of amides is 4. The number of rotatable bonds is 5. The molecule has 2 aromatic carbocycles. The fourth-order valence-corrected chi connectivity index (χ4v) is 9.30. The Hall–Kier alpha value is -3.54. The number of phenolic OH excluding ortho intramolecular Hbond substituents is 1. The summed E-state index contributed by atoms with van der Waals surface area (Å²) in [4.78, 5) is 59.8. The van der Waals surface area contributed by atoms with Gasteiger partial charge in [0.05, 0.1) is 47.5 Å². The third-order valence-electron chi connectivity index (χ3n) is 10.0. The molecule has 45 heavy (non-hydrogen) atoms. The van der Waals surface area contributed by atoms with E-state index < -0.39 is 52.6 Å². The number of fused-ring (bicyclic) bond motifs is 4. The lowest BCUT2D eigenvalue weighted by Crippen LogP contribution is -2.48. The van der Waals surface area contributed by atoms with Crippen LogP contribution in [0.15, 0.2) is 64.0 Å². The number of likely N-dealkylation sites (tertiary alicyclic amines) is 1. The largest absolute Gasteiger partial charge is 0.504 e. The van der Waals surface area contributed by atoms with Gasteiger partial charge in [-0.3, -0.25) is 24.1 Å². The summed E-state index contributed by atoms with van der Waals surface area (Å²) < 4.78 is 20.1. The SMILES string of the molecule is COc1cc(Br)cc(C2C3=CCC4C(=O)N(Cc5cccs5)C(=O)C4C3CC3C(=O)N(c4ccc(F)c(Cl)c4)C(=O)C32C)c1O. The molecule has 2 aliphatic carbocycles. The molecule has 3 aromatic rings. The Morgan fingerprint density at radius 3 is 2.58 bits per heavy atom. The summed E-state index contributed by atoms with van der Waals surface area (Å²) in [7, 11) is 1.42. The molecule has 0 spiro atoms. The first-order valence-electron chi connectivity index (χ1n) is 14.4. The minimum absolute atomic E-state index is 0.130. The standard InChI is InChI=1S/C33H27BrClFN2O6S/c1-33-22(30(41)38(32(33)43)16-5-8-24(36)23(35)12-16)13-20-18(27(33)21-10-15(34)11-25(44-2)28(21)39)6-7-19-26(20)31(42)37(29(19)40)14-17-4-3-9-45-17/h3-6,8-12,19-20,22,26-27,39H,7,13-14H2,1-2H3. The summed E-state index contributed by atoms with van der Waals surface area (Å²) in [6.07, 6.45) is 2.35. The van der Waals surface area contributed by atoms with Gasteiger partial charge in [0.25, 0.3) is 0 Å². The van der Waals surface area contributed by atoms with Gasteiger partial charge in [-0.25, -0.2) is 9.29 Å². The van der Waals surface area contributed by atoms with Gasteiger partial charge in [-0.2, -0.15) is 0 Å². The van der Waals surface area contributed by atoms with Crippen molar-refractivity contribution in [3.63, 3.8) is 0 Å². The van der Waals surface area contributed by atoms with Gasteiger partial charge in [0, 0.05) is 20.8 Å². The number of benzene rings is 2. The molecule has 1 aromatic heterocycles. The van der Waals surface area contributed by atoms with Crippen molar-refractivity contribution in [3.8, 4) is 11.5 Å². The normalized spacial score (nSPS) is 29.1. The average molecular weight is 714 g/mol. The number of anilines is 1. The maximum Gasteiger partial charge on any atom is 0.241 e. The molecule has 12 heteroatoms. The topological polar surface area (TPSA) is 104 Å². The number of carbonyl (C=O) groups is 4. The van der Waals surface area contributed by atoms with Gasteiger partial charge in [0.1, 0.15) is 5.82 Å². The summed E-state index contributed by atoms with van der Waals surface area (Å²) in [6.45, 7) is 1.88. The lowest BCUT2D eigenvalue weighted by Gasteiger charge is -2.49. The van der Waals surface area contributed by atoms with Crippen LogP contribution in [-0.2, 0) is 25.7 Å². The van der Waals surface area contributed by atoms with Crippen molar-refractivity contribution >= 4 is 68.2 Å². The number of allylic oxidation sites excluding steroid dienone is 2. The molecule has 0 radical (unpaired) electrons. The molecule has 6 unspecified atom stereocenters. The number of phenols is 1. The first kappa shape index (κ1) is 30.1. The number of hydrogen-bond acceptors (Lipinski definition) is 7. The lowest BCUT2D eigenvalue weighted by molar-refractivity contribution is -0.141. The van der Waals surface area contributed by atoms with Crippen molar-refractivity contribution in [1.82, 2.24) is 4.90 Å². The number of aromatic hydroxyl groups is 1. The molecule has 232 valence electrons. The summed E-state index contributed by atoms with van der Waals surface area (Å²) in [6, 6.07) is 10.7. The van der Waals surface area contributed by atoms with Crippen LogP contribution in [0.4, 0.5) is 10.1 Å². The average Bonchev–Trinajstić information content (AvgIpc) is 3.67. The summed E-state index contributed by atoms with van der Waals surface area (Å²) in [5.74, 6) is -5.93. The highest BCUT2D eigenvalue weighted by atomic mass is 79.9. The summed E-state index contributed by atoms with van der Waals surface area (Å²) >= 11 is 11.0. The third-order valence-corrected chi connectivity index (χ3v) is 11.6. The van der Waals surface area contributed by atoms with Gasteiger partial charge >= 0.3 is 0 Å². The van der Waals surface area contributed by atoms with E-state index in [1.54, 1.807) is 19.1 Å². The van der Waals surface area contributed by atoms with E-state index in [0.717, 1.165) is 21.4 Å². The minimum Gasteiger partial charge on any atom is -0.504 e. The van der Waals surface area contributed by atoms with E-state index in [0.29, 0.717) is 10.0 Å². The Balaban J connectivity index is 1.39. The number of halogens is 3. The van der Waals surface area contributed by atoms with Crippen molar-refractivity contribution in [3.05, 3.63) is 85.2 Å². The minimum atomic E-state index is -1.40. The van der Waals surface area contributed by atoms with Crippen LogP contribution < -0.4 is 9.64 Å². The van der Waals surface area contributed by atoms with Gasteiger partial charge in [-0.15, -0.1) is 11.3 Å². The molecule has 7 rings (SSSR count). The predicted octanol–water partition coefficient (Wildman–Crippen LogP) is 6.45. The number of methoxy groups -OCH3 is 1. The van der Waals surface area contributed by atoms with Gasteiger partial charge in [-0.05, 0) is 67.5 Å². The predicted molar refractivity (Wildman–Crippen MR) is 168 cm³/mol. The first-order chi connectivity index (χ1) is 21.5. The van der Waals surface area contributed by atoms with Crippen LogP contribution in [0, 0.1) is 34.9 Å². The zero-order valence-corrected chi connectivity index (χ0v) is 27.3. The molecule has 4 amide bonds. The number of ether oxygens (including phenoxy) is 1. The van der Waals surface area contributed by atoms with Crippen LogP contribution in [0.1, 0.15) is 36.1 Å². The van der Waals surface area contributed by atoms with Gasteiger partial charge in [-0.1, -0.05) is 45.2 Å². The zero-order valence-electron chi connectivity index (χ0n) is 24.1. The first-order valence-corrected chi connectivity index (χ1v) is 16.5. The maximum absolute atomic E-state index is 14.5. The van der Waals surface area contributed by atoms with Crippen LogP contribution >= 0.6 is 38.9 Å². The fraction of sp³-hybridized carbons (Fsp3) is 0.333. The highest BCUT2D eigenvalue weighted by Crippen LogP contribution is 2.65. The van der Waals surface area contributed by atoms with E-state index in [1.807, 2.05) is 23.6 Å². The molecule has 0 bridgehead atoms. The smallest absolute Gasteiger partial charge is 0.241 e. The molecule has 3 fully saturated rings. The van der Waals surface area contributed by atoms with Crippen molar-refractivity contribution in [2.75, 3.05) is 12.0 Å². The second-order valence-electron chi connectivity index (χ2n) is 12.1. The van der Waals surface area contributed by atoms with E-state index in [1.165, 1.54) is 35.5 Å². The zero-order chi connectivity index (χ0) is 31.9. The fourth-order valence-electron chi connectivity index (χ4n) is 7.98. The van der Waals surface area contributed by atoms with Gasteiger partial charge < -0.3 is 9.84 Å². The second-order valence-corrected chi connectivity index (χ2v) is 14.5. The van der Waals surface area contributed by atoms with Crippen molar-refractivity contribution in [2.24, 2.45) is 29.1 Å². The number of nitrogens with zero attached hydrogens (tertiary/aromatic N) is 2. The number of thiophene rings is 1. The van der Waals surface area contributed by atoms with Gasteiger partial charge in [0.2, 0.25) is 23.6 Å². The molecule has 2 aliphatic heterocycles. The van der Waals surface area contributed by atoms with E-state index in [-0.39, 0.29) is 53.4 Å². The molecule has 2 saturated heterocycles. The number of imide groups is 2. The highest BCUT2D eigenvalue weighted by Gasteiger charge is 2.68. The van der Waals surface area contributed by atoms with Crippen molar-refractivity contribution in [1.29, 1.82) is 0 Å². The van der Waals surface area contributed by atoms with Crippen molar-refractivity contribution in [2.45, 2.75) is 32.2 Å². The molecule has 6 atom stereocenters. The van der Waals surface area contributed by atoms with Crippen LogP contribution in [-0.4, -0.2) is 40.7 Å². The third kappa shape index (κ3) is 4.34. The number of hydrogen-bond donors (Lipinski definition) is 1. The second kappa shape index (κ2) is 10.8. The quantitative estimate of drug-likeness (QED) is 0.241. The lowest BCUT2D eigenvalue weighted by atomic mass is 9.51. The Kier molecular flexibility index (Phi) is 7.22. The molecule has 3 heterocycles. The van der Waals surface area contributed by atoms with Gasteiger partial charge in [0.15, 0.2) is 11.5 Å². The maximum atomic E-state index is 14.5. The summed E-state index contributed by atoms with van der Waals surface area (Å²) in [5.41, 5.74) is -0.190. The van der Waals surface area contributed by atoms with E-state index >= 15 is 0 Å². The monoisotopic (exact) mass is 712 g/mol. The Bertz CT molecular complexity index is 1830. The molecule has 1 saturated carbocycles. The Labute approximate surface area is 275 Å². The molecule has 8 nitrogen and oxygen atoms in total. The van der Waals surface area contributed by atoms with Crippen LogP contribution in [0.2, 0.25) is 5.02 Å². The number of carbonyl (C=O) groups excluding carboxylic acids is 4. The van der Waals surface area contributed by atoms with E-state index in [9.17, 15) is 28.7 Å². The van der Waals surface area contributed by atoms with E-state index in [4.69, 9.17) is 16.3 Å².